The van der Waals surface area contributed by atoms with Crippen LogP contribution in [0, 0.1) is 11.8 Å². The number of amides is 1. The molecule has 11 heteroatoms. The van der Waals surface area contributed by atoms with Gasteiger partial charge in [0, 0.05) is 18.7 Å². The summed E-state index contributed by atoms with van der Waals surface area (Å²) in [5.74, 6) is -2.42. The molecule has 2 aromatic rings. The van der Waals surface area contributed by atoms with Gasteiger partial charge in [0.25, 0.3) is 0 Å². The molecule has 1 aromatic heterocycles. The number of rotatable bonds is 11. The van der Waals surface area contributed by atoms with E-state index < -0.39 is 30.0 Å². The predicted molar refractivity (Wildman–Crippen MR) is 138 cm³/mol. The zero-order valence-electron chi connectivity index (χ0n) is 22.5. The molecule has 2 atom stereocenters. The average molecular weight is 565 g/mol. The summed E-state index contributed by atoms with van der Waals surface area (Å²) in [6.45, 7) is 2.62. The van der Waals surface area contributed by atoms with Crippen molar-refractivity contribution < 1.29 is 41.7 Å². The van der Waals surface area contributed by atoms with Crippen LogP contribution in [0.4, 0.5) is 13.2 Å². The van der Waals surface area contributed by atoms with Crippen LogP contribution in [0.2, 0.25) is 0 Å². The Bertz CT molecular complexity index is 1110. The fourth-order valence-corrected chi connectivity index (χ4v) is 5.25. The molecule has 218 valence electrons. The maximum absolute atomic E-state index is 13.5. The molecule has 1 saturated heterocycles. The number of carbonyl (C=O) groups excluding carboxylic acids is 2. The van der Waals surface area contributed by atoms with E-state index in [-0.39, 0.29) is 75.7 Å². The molecule has 2 heterocycles. The molecule has 4 rings (SSSR count). The van der Waals surface area contributed by atoms with E-state index in [2.05, 4.69) is 4.98 Å². The van der Waals surface area contributed by atoms with Gasteiger partial charge in [-0.2, -0.15) is 13.2 Å². The zero-order chi connectivity index (χ0) is 28.5. The van der Waals surface area contributed by atoms with Crippen LogP contribution in [-0.2, 0) is 25.6 Å². The van der Waals surface area contributed by atoms with Crippen molar-refractivity contribution in [1.82, 2.24) is 9.88 Å². The fraction of sp³-hybridized carbons (Fsp3) is 0.552. The molecular formula is C29H35F3N2O6. The number of ether oxygens (including phenoxy) is 4. The molecule has 0 N–H and O–H groups in total. The summed E-state index contributed by atoms with van der Waals surface area (Å²) in [7, 11) is 0. The number of alkyl halides is 3. The molecule has 0 radical (unpaired) electrons. The van der Waals surface area contributed by atoms with E-state index >= 15 is 0 Å². The highest BCUT2D eigenvalue weighted by Gasteiger charge is 2.45. The molecular weight excluding hydrogens is 529 g/mol. The SMILES string of the molecule is CCOC(=O)c1ncccc1OC[C@H]1C[C@@H](OCOCc2ccccc2)CN1C(=O)C1CCC(C(F)(F)F)CC1. The minimum atomic E-state index is -4.24. The third kappa shape index (κ3) is 7.94. The van der Waals surface area contributed by atoms with E-state index in [0.29, 0.717) is 13.0 Å². The third-order valence-electron chi connectivity index (χ3n) is 7.37. The quantitative estimate of drug-likeness (QED) is 0.212. The lowest BCUT2D eigenvalue weighted by atomic mass is 9.81. The number of likely N-dealkylation sites (tertiary alicyclic amines) is 1. The molecule has 0 unspecified atom stereocenters. The van der Waals surface area contributed by atoms with E-state index in [0.717, 1.165) is 5.56 Å². The van der Waals surface area contributed by atoms with Crippen molar-refractivity contribution in [3.05, 3.63) is 59.9 Å². The Morgan fingerprint density at radius 2 is 1.80 bits per heavy atom. The predicted octanol–water partition coefficient (Wildman–Crippen LogP) is 5.17. The van der Waals surface area contributed by atoms with Crippen LogP contribution in [0.3, 0.4) is 0 Å². The van der Waals surface area contributed by atoms with E-state index in [9.17, 15) is 22.8 Å². The second-order valence-corrected chi connectivity index (χ2v) is 10.1. The van der Waals surface area contributed by atoms with Crippen molar-refractivity contribution >= 4 is 11.9 Å². The van der Waals surface area contributed by atoms with Gasteiger partial charge >= 0.3 is 12.1 Å². The van der Waals surface area contributed by atoms with Crippen LogP contribution in [0.25, 0.3) is 0 Å². The Kier molecular flexibility index (Phi) is 10.4. The number of benzene rings is 1. The van der Waals surface area contributed by atoms with Crippen molar-refractivity contribution in [3.63, 3.8) is 0 Å². The first-order valence-electron chi connectivity index (χ1n) is 13.6. The fourth-order valence-electron chi connectivity index (χ4n) is 5.25. The molecule has 2 aliphatic rings. The Hall–Kier alpha value is -3.18. The average Bonchev–Trinajstić information content (AvgIpc) is 3.37. The molecule has 1 aliphatic heterocycles. The molecule has 8 nitrogen and oxygen atoms in total. The topological polar surface area (TPSA) is 87.2 Å². The Balaban J connectivity index is 1.39. The monoisotopic (exact) mass is 564 g/mol. The standard InChI is InChI=1S/C29H35F3N2O6/c1-2-38-28(36)26-25(9-6-14-33-26)39-18-23-15-24(40-19-37-17-20-7-4-3-5-8-20)16-34(23)27(35)21-10-12-22(13-11-21)29(30,31)32/h3-9,14,21-24H,2,10-13,15-19H2,1H3/t21?,22?,23-,24-/m1/s1. The van der Waals surface area contributed by atoms with Crippen LogP contribution in [0.1, 0.15) is 55.1 Å². The minimum absolute atomic E-state index is 0.0292. The summed E-state index contributed by atoms with van der Waals surface area (Å²) in [4.78, 5) is 31.5. The highest BCUT2D eigenvalue weighted by Crippen LogP contribution is 2.40. The van der Waals surface area contributed by atoms with Gasteiger partial charge in [0.15, 0.2) is 11.4 Å². The van der Waals surface area contributed by atoms with Gasteiger partial charge in [-0.15, -0.1) is 0 Å². The summed E-state index contributed by atoms with van der Waals surface area (Å²) in [5.41, 5.74) is 1.04. The van der Waals surface area contributed by atoms with Crippen molar-refractivity contribution in [1.29, 1.82) is 0 Å². The highest BCUT2D eigenvalue weighted by molar-refractivity contribution is 5.90. The first kappa shape index (κ1) is 29.8. The van der Waals surface area contributed by atoms with Crippen LogP contribution >= 0.6 is 0 Å². The van der Waals surface area contributed by atoms with Crippen molar-refractivity contribution in [3.8, 4) is 5.75 Å². The molecule has 1 amide bonds. The van der Waals surface area contributed by atoms with Gasteiger partial charge in [-0.05, 0) is 56.7 Å². The number of esters is 1. The van der Waals surface area contributed by atoms with E-state index in [1.807, 2.05) is 30.3 Å². The van der Waals surface area contributed by atoms with Crippen molar-refractivity contribution in [2.24, 2.45) is 11.8 Å². The molecule has 0 spiro atoms. The van der Waals surface area contributed by atoms with Gasteiger partial charge in [-0.1, -0.05) is 30.3 Å². The van der Waals surface area contributed by atoms with Crippen molar-refractivity contribution in [2.75, 3.05) is 26.6 Å². The van der Waals surface area contributed by atoms with Gasteiger partial charge in [-0.3, -0.25) is 4.79 Å². The summed E-state index contributed by atoms with van der Waals surface area (Å²) in [6, 6.07) is 12.5. The summed E-state index contributed by atoms with van der Waals surface area (Å²) < 4.78 is 62.1. The summed E-state index contributed by atoms with van der Waals surface area (Å²) >= 11 is 0. The summed E-state index contributed by atoms with van der Waals surface area (Å²) in [5, 5.41) is 0. The third-order valence-corrected chi connectivity index (χ3v) is 7.37. The van der Waals surface area contributed by atoms with Crippen molar-refractivity contribution in [2.45, 2.75) is 64.0 Å². The number of halogens is 3. The van der Waals surface area contributed by atoms with E-state index in [1.54, 1.807) is 24.0 Å². The highest BCUT2D eigenvalue weighted by atomic mass is 19.4. The largest absolute Gasteiger partial charge is 0.489 e. The number of carbonyl (C=O) groups is 2. The number of hydrogen-bond acceptors (Lipinski definition) is 7. The van der Waals surface area contributed by atoms with Crippen LogP contribution in [0.15, 0.2) is 48.7 Å². The Labute approximate surface area is 231 Å². The van der Waals surface area contributed by atoms with Crippen LogP contribution in [-0.4, -0.2) is 66.6 Å². The maximum atomic E-state index is 13.5. The Morgan fingerprint density at radius 3 is 2.50 bits per heavy atom. The minimum Gasteiger partial charge on any atom is -0.489 e. The van der Waals surface area contributed by atoms with E-state index in [1.165, 1.54) is 6.20 Å². The number of aromatic nitrogens is 1. The first-order valence-corrected chi connectivity index (χ1v) is 13.6. The zero-order valence-corrected chi connectivity index (χ0v) is 22.5. The van der Waals surface area contributed by atoms with Crippen LogP contribution in [0.5, 0.6) is 5.75 Å². The van der Waals surface area contributed by atoms with Crippen LogP contribution < -0.4 is 4.74 Å². The number of pyridine rings is 1. The maximum Gasteiger partial charge on any atom is 0.391 e. The first-order chi connectivity index (χ1) is 19.3. The van der Waals surface area contributed by atoms with Gasteiger partial charge in [-0.25, -0.2) is 9.78 Å². The van der Waals surface area contributed by atoms with Gasteiger partial charge in [0.05, 0.1) is 31.3 Å². The summed E-state index contributed by atoms with van der Waals surface area (Å²) in [6.07, 6.45) is -2.39. The second-order valence-electron chi connectivity index (χ2n) is 10.1. The van der Waals surface area contributed by atoms with Gasteiger partial charge in [0.2, 0.25) is 5.91 Å². The van der Waals surface area contributed by atoms with Gasteiger partial charge in [0.1, 0.15) is 13.4 Å². The number of nitrogens with zero attached hydrogens (tertiary/aromatic N) is 2. The van der Waals surface area contributed by atoms with E-state index in [4.69, 9.17) is 18.9 Å². The molecule has 0 bridgehead atoms. The molecule has 1 aromatic carbocycles. The smallest absolute Gasteiger partial charge is 0.391 e. The van der Waals surface area contributed by atoms with Gasteiger partial charge < -0.3 is 23.8 Å². The molecule has 40 heavy (non-hydrogen) atoms. The molecule has 2 fully saturated rings. The normalized spacial score (nSPS) is 23.1. The molecule has 1 aliphatic carbocycles. The lowest BCUT2D eigenvalue weighted by molar-refractivity contribution is -0.185. The number of hydrogen-bond donors (Lipinski definition) is 0. The lowest BCUT2D eigenvalue weighted by Crippen LogP contribution is -2.44. The molecule has 1 saturated carbocycles. The lowest BCUT2D eigenvalue weighted by Gasteiger charge is -2.33. The second kappa shape index (κ2) is 13.9. The Morgan fingerprint density at radius 1 is 1.05 bits per heavy atom.